The molecule has 1 aromatic rings. The third-order valence-electron chi connectivity index (χ3n) is 2.66. The van der Waals surface area contributed by atoms with Gasteiger partial charge in [-0.3, -0.25) is 5.43 Å². The minimum Gasteiger partial charge on any atom is -0.331 e. The summed E-state index contributed by atoms with van der Waals surface area (Å²) in [6.07, 6.45) is 0. The minimum absolute atomic E-state index is 1.01. The highest BCUT2D eigenvalue weighted by Crippen LogP contribution is 2.04. The van der Waals surface area contributed by atoms with Gasteiger partial charge in [-0.25, -0.2) is 0 Å². The van der Waals surface area contributed by atoms with Crippen molar-refractivity contribution in [3.8, 4) is 0 Å². The number of hydrogen-bond acceptors (Lipinski definition) is 2. The Morgan fingerprint density at radius 2 is 1.81 bits per heavy atom. The van der Waals surface area contributed by atoms with Gasteiger partial charge in [0.25, 0.3) is 0 Å². The lowest BCUT2D eigenvalue weighted by molar-refractivity contribution is -0.887. The van der Waals surface area contributed by atoms with Crippen molar-refractivity contribution >= 4 is 11.4 Å². The number of hydrazone groups is 1. The van der Waals surface area contributed by atoms with E-state index in [2.05, 4.69) is 31.3 Å². The number of nitrogens with one attached hydrogen (secondary N) is 2. The van der Waals surface area contributed by atoms with Crippen molar-refractivity contribution in [1.29, 1.82) is 0 Å². The molecule has 0 aliphatic rings. The second-order valence-electron chi connectivity index (χ2n) is 3.96. The molecule has 0 atom stereocenters. The third-order valence-corrected chi connectivity index (χ3v) is 2.66. The highest BCUT2D eigenvalue weighted by atomic mass is 15.3. The number of rotatable bonds is 6. The van der Waals surface area contributed by atoms with E-state index in [1.807, 2.05) is 30.3 Å². The number of anilines is 1. The molecule has 0 saturated heterocycles. The first-order chi connectivity index (χ1) is 7.76. The molecule has 1 aromatic carbocycles. The predicted octanol–water partition coefficient (Wildman–Crippen LogP) is 1.40. The lowest BCUT2D eigenvalue weighted by Gasteiger charge is -2.14. The van der Waals surface area contributed by atoms with Crippen LogP contribution in [0.25, 0.3) is 0 Å². The zero-order valence-corrected chi connectivity index (χ0v) is 10.5. The van der Waals surface area contributed by atoms with Crippen LogP contribution >= 0.6 is 0 Å². The van der Waals surface area contributed by atoms with Gasteiger partial charge >= 0.3 is 0 Å². The quantitative estimate of drug-likeness (QED) is 0.550. The van der Waals surface area contributed by atoms with Gasteiger partial charge in [0.1, 0.15) is 6.54 Å². The third kappa shape index (κ3) is 4.45. The van der Waals surface area contributed by atoms with Crippen LogP contribution in [0.5, 0.6) is 0 Å². The Kier molecular flexibility index (Phi) is 5.57. The Morgan fingerprint density at radius 3 is 2.38 bits per heavy atom. The molecule has 0 aliphatic carbocycles. The van der Waals surface area contributed by atoms with Gasteiger partial charge in [0.15, 0.2) is 0 Å². The molecule has 0 saturated carbocycles. The van der Waals surface area contributed by atoms with Gasteiger partial charge in [-0.15, -0.1) is 0 Å². The summed E-state index contributed by atoms with van der Waals surface area (Å²) >= 11 is 0. The Morgan fingerprint density at radius 1 is 1.19 bits per heavy atom. The highest BCUT2D eigenvalue weighted by Gasteiger charge is 2.03. The van der Waals surface area contributed by atoms with Crippen LogP contribution in [-0.2, 0) is 0 Å². The molecule has 3 heteroatoms. The summed E-state index contributed by atoms with van der Waals surface area (Å²) in [5.41, 5.74) is 5.25. The molecule has 0 heterocycles. The molecule has 3 nitrogen and oxygen atoms in total. The first kappa shape index (κ1) is 12.7. The largest absolute Gasteiger partial charge is 0.331 e. The molecule has 0 bridgehead atoms. The van der Waals surface area contributed by atoms with E-state index in [0.717, 1.165) is 31.0 Å². The van der Waals surface area contributed by atoms with Crippen LogP contribution in [0.4, 0.5) is 5.69 Å². The molecule has 0 radical (unpaired) electrons. The van der Waals surface area contributed by atoms with Crippen LogP contribution in [0, 0.1) is 0 Å². The first-order valence-corrected chi connectivity index (χ1v) is 5.94. The van der Waals surface area contributed by atoms with E-state index in [4.69, 9.17) is 0 Å². The van der Waals surface area contributed by atoms with E-state index < -0.39 is 0 Å². The minimum atomic E-state index is 1.01. The van der Waals surface area contributed by atoms with Crippen molar-refractivity contribution in [2.45, 2.75) is 20.8 Å². The highest BCUT2D eigenvalue weighted by molar-refractivity contribution is 5.83. The summed E-state index contributed by atoms with van der Waals surface area (Å²) < 4.78 is 0. The van der Waals surface area contributed by atoms with Crippen LogP contribution in [0.1, 0.15) is 20.8 Å². The maximum Gasteiger partial charge on any atom is 0.118 e. The summed E-state index contributed by atoms with van der Waals surface area (Å²) in [4.78, 5) is 1.55. The molecular weight excluding hydrogens is 198 g/mol. The van der Waals surface area contributed by atoms with E-state index in [0.29, 0.717) is 0 Å². The van der Waals surface area contributed by atoms with Crippen molar-refractivity contribution < 1.29 is 4.90 Å². The van der Waals surface area contributed by atoms with Crippen molar-refractivity contribution in [1.82, 2.24) is 0 Å². The SMILES string of the molecule is CC[NH+](CC)C/C(C)=N\Nc1ccccc1. The van der Waals surface area contributed by atoms with Gasteiger partial charge in [0, 0.05) is 0 Å². The van der Waals surface area contributed by atoms with E-state index in [9.17, 15) is 0 Å². The zero-order valence-electron chi connectivity index (χ0n) is 10.5. The average Bonchev–Trinajstić information content (AvgIpc) is 2.34. The number of nitrogens with zero attached hydrogens (tertiary/aromatic N) is 1. The van der Waals surface area contributed by atoms with Crippen molar-refractivity contribution in [2.75, 3.05) is 25.1 Å². The van der Waals surface area contributed by atoms with Crippen molar-refractivity contribution in [2.24, 2.45) is 5.10 Å². The molecule has 1 rings (SSSR count). The molecule has 88 valence electrons. The summed E-state index contributed by atoms with van der Waals surface area (Å²) in [5, 5.41) is 4.38. The Balaban J connectivity index is 2.45. The van der Waals surface area contributed by atoms with Gasteiger partial charge < -0.3 is 4.90 Å². The molecular formula is C13H22N3+. The fourth-order valence-electron chi connectivity index (χ4n) is 1.57. The number of quaternary nitrogens is 1. The molecule has 2 N–H and O–H groups in total. The molecule has 0 spiro atoms. The van der Waals surface area contributed by atoms with Gasteiger partial charge in [0.05, 0.1) is 24.5 Å². The number of para-hydroxylation sites is 1. The topological polar surface area (TPSA) is 28.8 Å². The summed E-state index contributed by atoms with van der Waals surface area (Å²) in [5.74, 6) is 0. The van der Waals surface area contributed by atoms with Gasteiger partial charge in [-0.2, -0.15) is 5.10 Å². The smallest absolute Gasteiger partial charge is 0.118 e. The summed E-state index contributed by atoms with van der Waals surface area (Å²) in [7, 11) is 0. The molecule has 0 fully saturated rings. The first-order valence-electron chi connectivity index (χ1n) is 5.94. The van der Waals surface area contributed by atoms with Gasteiger partial charge in [-0.1, -0.05) is 18.2 Å². The molecule has 0 amide bonds. The van der Waals surface area contributed by atoms with Crippen molar-refractivity contribution in [3.63, 3.8) is 0 Å². The van der Waals surface area contributed by atoms with Crippen LogP contribution in [0.15, 0.2) is 35.4 Å². The number of hydrogen-bond donors (Lipinski definition) is 2. The second-order valence-corrected chi connectivity index (χ2v) is 3.96. The van der Waals surface area contributed by atoms with Crippen LogP contribution in [0.2, 0.25) is 0 Å². The summed E-state index contributed by atoms with van der Waals surface area (Å²) in [6, 6.07) is 10.0. The van der Waals surface area contributed by atoms with Crippen LogP contribution in [-0.4, -0.2) is 25.3 Å². The van der Waals surface area contributed by atoms with Crippen LogP contribution in [0.3, 0.4) is 0 Å². The van der Waals surface area contributed by atoms with Gasteiger partial charge in [0.2, 0.25) is 0 Å². The predicted molar refractivity (Wildman–Crippen MR) is 70.1 cm³/mol. The van der Waals surface area contributed by atoms with Crippen LogP contribution < -0.4 is 10.3 Å². The second kappa shape index (κ2) is 7.01. The number of benzene rings is 1. The van der Waals surface area contributed by atoms with E-state index >= 15 is 0 Å². The monoisotopic (exact) mass is 220 g/mol. The molecule has 16 heavy (non-hydrogen) atoms. The van der Waals surface area contributed by atoms with Gasteiger partial charge in [-0.05, 0) is 32.9 Å². The molecule has 0 unspecified atom stereocenters. The lowest BCUT2D eigenvalue weighted by atomic mass is 10.3. The van der Waals surface area contributed by atoms with E-state index in [-0.39, 0.29) is 0 Å². The van der Waals surface area contributed by atoms with E-state index in [1.54, 1.807) is 4.90 Å². The average molecular weight is 220 g/mol. The standard InChI is InChI=1S/C13H21N3/c1-4-16(5-2)11-12(3)14-15-13-9-7-6-8-10-13/h6-10,15H,4-5,11H2,1-3H3/p+1/b14-12-. The Labute approximate surface area is 98.2 Å². The zero-order chi connectivity index (χ0) is 11.8. The Hall–Kier alpha value is -1.35. The fraction of sp³-hybridized carbons (Fsp3) is 0.462. The normalized spacial score (nSPS) is 11.9. The lowest BCUT2D eigenvalue weighted by Crippen LogP contribution is -3.12. The van der Waals surface area contributed by atoms with Crippen molar-refractivity contribution in [3.05, 3.63) is 30.3 Å². The fourth-order valence-corrected chi connectivity index (χ4v) is 1.57. The maximum absolute atomic E-state index is 4.38. The molecule has 0 aliphatic heterocycles. The van der Waals surface area contributed by atoms with E-state index in [1.165, 1.54) is 0 Å². The molecule has 0 aromatic heterocycles. The Bertz CT molecular complexity index is 315. The summed E-state index contributed by atoms with van der Waals surface area (Å²) in [6.45, 7) is 9.78. The maximum atomic E-state index is 4.38.